The molecule has 7 nitrogen and oxygen atoms in total. The highest BCUT2D eigenvalue weighted by Crippen LogP contribution is 2.16. The first-order valence-electron chi connectivity index (χ1n) is 12.8. The topological polar surface area (TPSA) is 96.9 Å². The highest BCUT2D eigenvalue weighted by Gasteiger charge is 2.05. The third-order valence-corrected chi connectivity index (χ3v) is 5.58. The zero-order chi connectivity index (χ0) is 25.1. The number of rotatable bonds is 16. The van der Waals surface area contributed by atoms with Gasteiger partial charge in [-0.3, -0.25) is 10.6 Å². The largest absolute Gasteiger partial charge is 0.449 e. The second kappa shape index (κ2) is 17.4. The number of amides is 2. The zero-order valence-electron chi connectivity index (χ0n) is 20.9. The Bertz CT molecular complexity index is 781. The van der Waals surface area contributed by atoms with E-state index < -0.39 is 12.2 Å². The third-order valence-electron chi connectivity index (χ3n) is 5.58. The Morgan fingerprint density at radius 2 is 1.09 bits per heavy atom. The normalized spacial score (nSPS) is 10.6. The van der Waals surface area contributed by atoms with Crippen LogP contribution in [0.3, 0.4) is 0 Å². The molecule has 0 saturated heterocycles. The van der Waals surface area contributed by atoms with Gasteiger partial charge in [0.05, 0.1) is 13.2 Å². The third kappa shape index (κ3) is 12.8. The molecule has 0 heterocycles. The lowest BCUT2D eigenvalue weighted by Gasteiger charge is -2.09. The molecule has 2 aromatic rings. The number of unbranched alkanes of at least 4 members (excludes halogenated alkanes) is 7. The second-order valence-corrected chi connectivity index (χ2v) is 8.64. The maximum absolute atomic E-state index is 11.9. The van der Waals surface area contributed by atoms with Gasteiger partial charge in [0.2, 0.25) is 0 Å². The maximum Gasteiger partial charge on any atom is 0.411 e. The Kier molecular flexibility index (Phi) is 14.0. The molecule has 0 aliphatic carbocycles. The molecule has 0 fully saturated rings. The lowest BCUT2D eigenvalue weighted by Crippen LogP contribution is -2.14. The lowest BCUT2D eigenvalue weighted by atomic mass is 10.0. The number of aliphatic hydroxyl groups excluding tert-OH is 1. The van der Waals surface area contributed by atoms with Gasteiger partial charge < -0.3 is 14.6 Å². The van der Waals surface area contributed by atoms with Crippen molar-refractivity contribution < 1.29 is 24.2 Å². The molecule has 0 bridgehead atoms. The van der Waals surface area contributed by atoms with E-state index in [1.807, 2.05) is 48.5 Å². The SMILES string of the molecule is CCCCCCCOC(=O)Nc1ccc(Cc2ccc(NC(=O)OCCCCCCO)cc2)cc1. The van der Waals surface area contributed by atoms with Gasteiger partial charge in [-0.1, -0.05) is 63.3 Å². The monoisotopic (exact) mass is 484 g/mol. The van der Waals surface area contributed by atoms with Crippen LogP contribution >= 0.6 is 0 Å². The van der Waals surface area contributed by atoms with Gasteiger partial charge in [-0.25, -0.2) is 9.59 Å². The first kappa shape index (κ1) is 28.2. The van der Waals surface area contributed by atoms with Crippen molar-refractivity contribution in [2.24, 2.45) is 0 Å². The predicted octanol–water partition coefficient (Wildman–Crippen LogP) is 6.90. The fraction of sp³-hybridized carbons (Fsp3) is 0.500. The van der Waals surface area contributed by atoms with Crippen molar-refractivity contribution in [3.63, 3.8) is 0 Å². The van der Waals surface area contributed by atoms with E-state index in [0.717, 1.165) is 56.1 Å². The molecule has 7 heteroatoms. The van der Waals surface area contributed by atoms with Crippen molar-refractivity contribution in [3.8, 4) is 0 Å². The van der Waals surface area contributed by atoms with E-state index >= 15 is 0 Å². The van der Waals surface area contributed by atoms with Crippen LogP contribution in [0.1, 0.15) is 75.8 Å². The summed E-state index contributed by atoms with van der Waals surface area (Å²) in [7, 11) is 0. The fourth-order valence-corrected chi connectivity index (χ4v) is 3.56. The van der Waals surface area contributed by atoms with E-state index in [1.165, 1.54) is 19.3 Å². The van der Waals surface area contributed by atoms with Crippen LogP contribution in [-0.4, -0.2) is 37.1 Å². The van der Waals surface area contributed by atoms with Crippen LogP contribution in [0.4, 0.5) is 21.0 Å². The van der Waals surface area contributed by atoms with Gasteiger partial charge >= 0.3 is 12.2 Å². The summed E-state index contributed by atoms with van der Waals surface area (Å²) in [6, 6.07) is 15.3. The molecule has 0 saturated carbocycles. The number of carbonyl (C=O) groups is 2. The first-order chi connectivity index (χ1) is 17.1. The molecule has 0 aliphatic rings. The molecular weight excluding hydrogens is 444 g/mol. The van der Waals surface area contributed by atoms with E-state index in [4.69, 9.17) is 14.6 Å². The number of nitrogens with one attached hydrogen (secondary N) is 2. The molecule has 2 aromatic carbocycles. The van der Waals surface area contributed by atoms with Crippen molar-refractivity contribution in [1.29, 1.82) is 0 Å². The number of ether oxygens (including phenoxy) is 2. The zero-order valence-corrected chi connectivity index (χ0v) is 20.9. The van der Waals surface area contributed by atoms with Gasteiger partial charge in [-0.15, -0.1) is 0 Å². The molecule has 0 unspecified atom stereocenters. The van der Waals surface area contributed by atoms with Gasteiger partial charge in [0, 0.05) is 18.0 Å². The minimum Gasteiger partial charge on any atom is -0.449 e. The molecule has 0 spiro atoms. The molecule has 192 valence electrons. The van der Waals surface area contributed by atoms with E-state index in [1.54, 1.807) is 0 Å². The van der Waals surface area contributed by atoms with Gasteiger partial charge in [0.15, 0.2) is 0 Å². The number of aliphatic hydroxyl groups is 1. The van der Waals surface area contributed by atoms with Crippen molar-refractivity contribution in [1.82, 2.24) is 0 Å². The molecule has 0 aliphatic heterocycles. The number of carbonyl (C=O) groups excluding carboxylic acids is 2. The number of hydrogen-bond acceptors (Lipinski definition) is 5. The van der Waals surface area contributed by atoms with Crippen molar-refractivity contribution in [3.05, 3.63) is 59.7 Å². The molecular formula is C28H40N2O5. The highest BCUT2D eigenvalue weighted by atomic mass is 16.6. The van der Waals surface area contributed by atoms with Crippen LogP contribution in [-0.2, 0) is 15.9 Å². The maximum atomic E-state index is 11.9. The summed E-state index contributed by atoms with van der Waals surface area (Å²) in [6.07, 6.45) is 8.90. The molecule has 0 radical (unpaired) electrons. The van der Waals surface area contributed by atoms with Crippen LogP contribution in [0.15, 0.2) is 48.5 Å². The summed E-state index contributed by atoms with van der Waals surface area (Å²) in [5.41, 5.74) is 3.61. The quantitative estimate of drug-likeness (QED) is 0.225. The van der Waals surface area contributed by atoms with Crippen LogP contribution < -0.4 is 10.6 Å². The fourth-order valence-electron chi connectivity index (χ4n) is 3.56. The summed E-state index contributed by atoms with van der Waals surface area (Å²) < 4.78 is 10.4. The van der Waals surface area contributed by atoms with E-state index in [0.29, 0.717) is 24.6 Å². The molecule has 2 rings (SSSR count). The van der Waals surface area contributed by atoms with Gasteiger partial charge in [0.25, 0.3) is 0 Å². The Hall–Kier alpha value is -3.06. The Morgan fingerprint density at radius 1 is 0.657 bits per heavy atom. The average Bonchev–Trinajstić information content (AvgIpc) is 2.86. The van der Waals surface area contributed by atoms with E-state index in [-0.39, 0.29) is 6.61 Å². The van der Waals surface area contributed by atoms with Crippen molar-refractivity contribution >= 4 is 23.6 Å². The Labute approximate surface area is 209 Å². The van der Waals surface area contributed by atoms with E-state index in [9.17, 15) is 9.59 Å². The molecule has 3 N–H and O–H groups in total. The minimum atomic E-state index is -0.460. The summed E-state index contributed by atoms with van der Waals surface area (Å²) in [6.45, 7) is 3.20. The minimum absolute atomic E-state index is 0.204. The van der Waals surface area contributed by atoms with Gasteiger partial charge in [-0.2, -0.15) is 0 Å². The molecule has 0 aromatic heterocycles. The van der Waals surface area contributed by atoms with Crippen LogP contribution in [0.5, 0.6) is 0 Å². The summed E-state index contributed by atoms with van der Waals surface area (Å²) >= 11 is 0. The Balaban J connectivity index is 1.67. The van der Waals surface area contributed by atoms with Crippen molar-refractivity contribution in [2.75, 3.05) is 30.5 Å². The summed E-state index contributed by atoms with van der Waals surface area (Å²) in [4.78, 5) is 23.8. The predicted molar refractivity (Wildman–Crippen MR) is 140 cm³/mol. The van der Waals surface area contributed by atoms with Crippen LogP contribution in [0.25, 0.3) is 0 Å². The standard InChI is InChI=1S/C28H40N2O5/c1-2-3-4-6-9-20-34-27(32)29-25-15-11-23(12-16-25)22-24-13-17-26(18-14-24)30-28(33)35-21-10-7-5-8-19-31/h11-18,31H,2-10,19-22H2,1H3,(H,29,32)(H,30,33). The Morgan fingerprint density at radius 3 is 1.51 bits per heavy atom. The summed E-state index contributed by atoms with van der Waals surface area (Å²) in [5.74, 6) is 0. The molecule has 35 heavy (non-hydrogen) atoms. The number of anilines is 2. The number of hydrogen-bond donors (Lipinski definition) is 3. The summed E-state index contributed by atoms with van der Waals surface area (Å²) in [5, 5.41) is 14.3. The van der Waals surface area contributed by atoms with Crippen molar-refractivity contribution in [2.45, 2.75) is 71.1 Å². The lowest BCUT2D eigenvalue weighted by molar-refractivity contribution is 0.158. The van der Waals surface area contributed by atoms with Gasteiger partial charge in [-0.05, 0) is 67.5 Å². The second-order valence-electron chi connectivity index (χ2n) is 8.64. The first-order valence-corrected chi connectivity index (χ1v) is 12.8. The van der Waals surface area contributed by atoms with Crippen LogP contribution in [0.2, 0.25) is 0 Å². The smallest absolute Gasteiger partial charge is 0.411 e. The van der Waals surface area contributed by atoms with Crippen LogP contribution in [0, 0.1) is 0 Å². The molecule has 2 amide bonds. The molecule has 0 atom stereocenters. The van der Waals surface area contributed by atoms with E-state index in [2.05, 4.69) is 17.6 Å². The highest BCUT2D eigenvalue weighted by molar-refractivity contribution is 5.85. The number of benzene rings is 2. The van der Waals surface area contributed by atoms with Gasteiger partial charge in [0.1, 0.15) is 0 Å². The average molecular weight is 485 g/mol.